The Labute approximate surface area is 145 Å². The second-order valence-corrected chi connectivity index (χ2v) is 6.55. The molecular formula is C18H21N3O2S. The maximum atomic E-state index is 10.2. The molecule has 3 rings (SSSR count). The van der Waals surface area contributed by atoms with Gasteiger partial charge in [0.25, 0.3) is 0 Å². The second kappa shape index (κ2) is 7.68. The number of ether oxygens (including phenoxy) is 1. The first-order chi connectivity index (χ1) is 11.7. The average Bonchev–Trinajstić information content (AvgIpc) is 2.97. The molecule has 2 aromatic carbocycles. The third kappa shape index (κ3) is 3.88. The predicted octanol–water partition coefficient (Wildman–Crippen LogP) is 3.29. The van der Waals surface area contributed by atoms with E-state index >= 15 is 0 Å². The van der Waals surface area contributed by atoms with Crippen molar-refractivity contribution in [2.24, 2.45) is 0 Å². The molecule has 6 heteroatoms. The number of aliphatic hydroxyl groups is 1. The molecule has 24 heavy (non-hydrogen) atoms. The van der Waals surface area contributed by atoms with Crippen molar-refractivity contribution < 1.29 is 9.84 Å². The van der Waals surface area contributed by atoms with E-state index in [1.807, 2.05) is 47.9 Å². The fourth-order valence-corrected chi connectivity index (χ4v) is 3.45. The highest BCUT2D eigenvalue weighted by Crippen LogP contribution is 2.21. The molecule has 1 unspecified atom stereocenters. The zero-order valence-corrected chi connectivity index (χ0v) is 14.7. The standard InChI is InChI=1S/C18H21N3O2S/c1-3-21-13(2)19-20-18(21)24-12-16(22)11-23-17-9-8-14-6-4-5-7-15(14)10-17/h4-10,16,22H,3,11-12H2,1-2H3. The Morgan fingerprint density at radius 2 is 1.96 bits per heavy atom. The molecule has 0 radical (unpaired) electrons. The molecule has 3 aromatic rings. The van der Waals surface area contributed by atoms with Crippen LogP contribution in [0.3, 0.4) is 0 Å². The molecule has 0 aliphatic heterocycles. The third-order valence-corrected chi connectivity index (χ3v) is 4.90. The lowest BCUT2D eigenvalue weighted by molar-refractivity contribution is 0.126. The quantitative estimate of drug-likeness (QED) is 0.667. The Morgan fingerprint density at radius 1 is 1.17 bits per heavy atom. The van der Waals surface area contributed by atoms with Crippen molar-refractivity contribution in [3.63, 3.8) is 0 Å². The van der Waals surface area contributed by atoms with E-state index in [9.17, 15) is 5.11 Å². The van der Waals surface area contributed by atoms with Crippen molar-refractivity contribution in [1.29, 1.82) is 0 Å². The van der Waals surface area contributed by atoms with Crippen molar-refractivity contribution in [3.8, 4) is 5.75 Å². The molecule has 1 atom stereocenters. The fraction of sp³-hybridized carbons (Fsp3) is 0.333. The Hall–Kier alpha value is -2.05. The number of fused-ring (bicyclic) bond motifs is 1. The molecule has 0 aliphatic carbocycles. The number of nitrogens with zero attached hydrogens (tertiary/aromatic N) is 3. The van der Waals surface area contributed by atoms with Gasteiger partial charge in [0.05, 0.1) is 6.10 Å². The Balaban J connectivity index is 1.53. The van der Waals surface area contributed by atoms with Crippen LogP contribution in [0.4, 0.5) is 0 Å². The van der Waals surface area contributed by atoms with E-state index in [1.54, 1.807) is 0 Å². The van der Waals surface area contributed by atoms with Crippen molar-refractivity contribution in [2.45, 2.75) is 31.7 Å². The van der Waals surface area contributed by atoms with Gasteiger partial charge in [-0.2, -0.15) is 0 Å². The molecule has 1 N–H and O–H groups in total. The monoisotopic (exact) mass is 343 g/mol. The first-order valence-electron chi connectivity index (χ1n) is 7.99. The molecule has 0 spiro atoms. The van der Waals surface area contributed by atoms with Crippen LogP contribution in [0.1, 0.15) is 12.7 Å². The lowest BCUT2D eigenvalue weighted by atomic mass is 10.1. The molecule has 0 bridgehead atoms. The van der Waals surface area contributed by atoms with E-state index in [-0.39, 0.29) is 6.61 Å². The Morgan fingerprint density at radius 3 is 2.75 bits per heavy atom. The topological polar surface area (TPSA) is 60.2 Å². The molecule has 1 aromatic heterocycles. The summed E-state index contributed by atoms with van der Waals surface area (Å²) in [6.07, 6.45) is -0.566. The van der Waals surface area contributed by atoms with Crippen LogP contribution >= 0.6 is 11.8 Å². The summed E-state index contributed by atoms with van der Waals surface area (Å²) in [5, 5.41) is 21.5. The summed E-state index contributed by atoms with van der Waals surface area (Å²) in [5.41, 5.74) is 0. The average molecular weight is 343 g/mol. The van der Waals surface area contributed by atoms with Crippen LogP contribution in [-0.4, -0.2) is 38.3 Å². The van der Waals surface area contributed by atoms with E-state index in [0.29, 0.717) is 5.75 Å². The summed E-state index contributed by atoms with van der Waals surface area (Å²) >= 11 is 1.50. The van der Waals surface area contributed by atoms with Crippen LogP contribution in [0.5, 0.6) is 5.75 Å². The van der Waals surface area contributed by atoms with Gasteiger partial charge in [0.15, 0.2) is 5.16 Å². The highest BCUT2D eigenvalue weighted by atomic mass is 32.2. The van der Waals surface area contributed by atoms with Crippen LogP contribution in [0, 0.1) is 6.92 Å². The Bertz CT molecular complexity index is 819. The molecule has 0 aliphatic rings. The van der Waals surface area contributed by atoms with E-state index in [2.05, 4.69) is 23.2 Å². The maximum absolute atomic E-state index is 10.2. The maximum Gasteiger partial charge on any atom is 0.191 e. The molecule has 0 amide bonds. The third-order valence-electron chi connectivity index (χ3n) is 3.79. The van der Waals surface area contributed by atoms with Gasteiger partial charge in [0.2, 0.25) is 0 Å². The molecule has 1 heterocycles. The molecule has 0 saturated heterocycles. The van der Waals surface area contributed by atoms with Crippen molar-refractivity contribution in [3.05, 3.63) is 48.3 Å². The summed E-state index contributed by atoms with van der Waals surface area (Å²) in [4.78, 5) is 0. The summed E-state index contributed by atoms with van der Waals surface area (Å²) in [7, 11) is 0. The van der Waals surface area contributed by atoms with Gasteiger partial charge in [0.1, 0.15) is 18.2 Å². The van der Waals surface area contributed by atoms with E-state index < -0.39 is 6.10 Å². The van der Waals surface area contributed by atoms with Crippen LogP contribution in [0.2, 0.25) is 0 Å². The van der Waals surface area contributed by atoms with Gasteiger partial charge in [0, 0.05) is 12.3 Å². The number of aryl methyl sites for hydroxylation is 1. The number of thioether (sulfide) groups is 1. The number of benzene rings is 2. The molecular weight excluding hydrogens is 322 g/mol. The lowest BCUT2D eigenvalue weighted by Crippen LogP contribution is -2.20. The molecule has 0 fully saturated rings. The second-order valence-electron chi connectivity index (χ2n) is 5.56. The zero-order chi connectivity index (χ0) is 16.9. The van der Waals surface area contributed by atoms with Crippen molar-refractivity contribution in [2.75, 3.05) is 12.4 Å². The van der Waals surface area contributed by atoms with Gasteiger partial charge in [-0.3, -0.25) is 0 Å². The largest absolute Gasteiger partial charge is 0.491 e. The first-order valence-corrected chi connectivity index (χ1v) is 8.98. The van der Waals surface area contributed by atoms with Crippen LogP contribution < -0.4 is 4.74 Å². The van der Waals surface area contributed by atoms with Crippen LogP contribution in [-0.2, 0) is 6.54 Å². The smallest absolute Gasteiger partial charge is 0.191 e. The summed E-state index contributed by atoms with van der Waals surface area (Å²) in [6, 6.07) is 14.1. The predicted molar refractivity (Wildman–Crippen MR) is 96.6 cm³/mol. The SMILES string of the molecule is CCn1c(C)nnc1SCC(O)COc1ccc2ccccc2c1. The van der Waals surface area contributed by atoms with E-state index in [0.717, 1.165) is 28.7 Å². The van der Waals surface area contributed by atoms with Gasteiger partial charge in [-0.15, -0.1) is 10.2 Å². The molecule has 0 saturated carbocycles. The molecule has 5 nitrogen and oxygen atoms in total. The van der Waals surface area contributed by atoms with Gasteiger partial charge < -0.3 is 14.4 Å². The Kier molecular flexibility index (Phi) is 5.37. The normalized spacial score (nSPS) is 12.5. The number of aromatic nitrogens is 3. The zero-order valence-electron chi connectivity index (χ0n) is 13.8. The van der Waals surface area contributed by atoms with Gasteiger partial charge in [-0.1, -0.05) is 42.1 Å². The van der Waals surface area contributed by atoms with Gasteiger partial charge in [-0.05, 0) is 36.8 Å². The van der Waals surface area contributed by atoms with Crippen LogP contribution in [0.25, 0.3) is 10.8 Å². The fourth-order valence-electron chi connectivity index (χ4n) is 2.50. The highest BCUT2D eigenvalue weighted by Gasteiger charge is 2.12. The molecule has 126 valence electrons. The van der Waals surface area contributed by atoms with Crippen molar-refractivity contribution >= 4 is 22.5 Å². The minimum atomic E-state index is -0.566. The number of hydrogen-bond donors (Lipinski definition) is 1. The van der Waals surface area contributed by atoms with Gasteiger partial charge >= 0.3 is 0 Å². The van der Waals surface area contributed by atoms with Crippen molar-refractivity contribution in [1.82, 2.24) is 14.8 Å². The summed E-state index contributed by atoms with van der Waals surface area (Å²) < 4.78 is 7.75. The number of aliphatic hydroxyl groups excluding tert-OH is 1. The highest BCUT2D eigenvalue weighted by molar-refractivity contribution is 7.99. The number of rotatable bonds is 7. The van der Waals surface area contributed by atoms with E-state index in [4.69, 9.17) is 4.74 Å². The minimum absolute atomic E-state index is 0.255. The summed E-state index contributed by atoms with van der Waals surface area (Å²) in [6.45, 7) is 5.06. The number of hydrogen-bond acceptors (Lipinski definition) is 5. The van der Waals surface area contributed by atoms with Gasteiger partial charge in [-0.25, -0.2) is 0 Å². The van der Waals surface area contributed by atoms with E-state index in [1.165, 1.54) is 17.1 Å². The lowest BCUT2D eigenvalue weighted by Gasteiger charge is -2.12. The minimum Gasteiger partial charge on any atom is -0.491 e. The van der Waals surface area contributed by atoms with Crippen LogP contribution in [0.15, 0.2) is 47.6 Å². The first kappa shape index (κ1) is 16.8. The summed E-state index contributed by atoms with van der Waals surface area (Å²) in [5.74, 6) is 2.18.